The van der Waals surface area contributed by atoms with Crippen molar-refractivity contribution in [2.75, 3.05) is 0 Å². The van der Waals surface area contributed by atoms with E-state index in [1.165, 1.54) is 43.8 Å². The molecule has 0 atom stereocenters. The van der Waals surface area contributed by atoms with E-state index in [1.807, 2.05) is 60.7 Å². The zero-order chi connectivity index (χ0) is 37.3. The maximum atomic E-state index is 4.97. The van der Waals surface area contributed by atoms with Crippen molar-refractivity contribution in [3.05, 3.63) is 212 Å². The maximum absolute atomic E-state index is 4.97. The topological polar surface area (TPSA) is 38.7 Å². The summed E-state index contributed by atoms with van der Waals surface area (Å²) in [7, 11) is 0. The summed E-state index contributed by atoms with van der Waals surface area (Å²) in [4.78, 5) is 14.8. The standard InChI is InChI=1S/C53H35N3/c1-4-16-37(17-5-1)49-47-28-12-10-26-45(47)46-27-11-13-29-48(46)50(49)38-32-30-36(31-33-38)41-22-14-23-42(34-41)43-24-15-25-44(35-43)53-55-51(39-18-6-2-7-19-39)54-52(56-53)40-20-8-3-9-21-40/h1-35H. The second-order valence-electron chi connectivity index (χ2n) is 14.0. The van der Waals surface area contributed by atoms with Crippen molar-refractivity contribution in [3.8, 4) is 78.7 Å². The first-order chi connectivity index (χ1) is 27.8. The van der Waals surface area contributed by atoms with E-state index in [4.69, 9.17) is 15.0 Å². The van der Waals surface area contributed by atoms with Crippen molar-refractivity contribution in [3.63, 3.8) is 0 Å². The third-order valence-electron chi connectivity index (χ3n) is 10.5. The Bertz CT molecular complexity index is 2940. The lowest BCUT2D eigenvalue weighted by atomic mass is 9.84. The van der Waals surface area contributed by atoms with Crippen LogP contribution in [0.3, 0.4) is 0 Å². The van der Waals surface area contributed by atoms with Gasteiger partial charge in [-0.15, -0.1) is 0 Å². The van der Waals surface area contributed by atoms with E-state index in [0.717, 1.165) is 38.9 Å². The first-order valence-corrected chi connectivity index (χ1v) is 18.9. The molecule has 0 aliphatic carbocycles. The molecule has 3 nitrogen and oxygen atoms in total. The molecule has 9 aromatic carbocycles. The average Bonchev–Trinajstić information content (AvgIpc) is 3.29. The molecule has 0 bridgehead atoms. The van der Waals surface area contributed by atoms with Gasteiger partial charge in [0.2, 0.25) is 0 Å². The molecule has 0 saturated heterocycles. The Labute approximate surface area is 326 Å². The van der Waals surface area contributed by atoms with Gasteiger partial charge in [-0.1, -0.05) is 200 Å². The highest BCUT2D eigenvalue weighted by Gasteiger charge is 2.18. The van der Waals surface area contributed by atoms with Gasteiger partial charge in [-0.2, -0.15) is 0 Å². The number of fused-ring (bicyclic) bond motifs is 3. The fourth-order valence-electron chi connectivity index (χ4n) is 7.83. The lowest BCUT2D eigenvalue weighted by Crippen LogP contribution is -2.00. The smallest absolute Gasteiger partial charge is 0.164 e. The summed E-state index contributed by atoms with van der Waals surface area (Å²) in [6, 6.07) is 74.9. The van der Waals surface area contributed by atoms with E-state index in [2.05, 4.69) is 152 Å². The van der Waals surface area contributed by atoms with Gasteiger partial charge < -0.3 is 0 Å². The van der Waals surface area contributed by atoms with E-state index in [1.54, 1.807) is 0 Å². The van der Waals surface area contributed by atoms with Crippen molar-refractivity contribution in [2.24, 2.45) is 0 Å². The van der Waals surface area contributed by atoms with Crippen LogP contribution >= 0.6 is 0 Å². The Balaban J connectivity index is 1.03. The number of hydrogen-bond acceptors (Lipinski definition) is 3. The Morgan fingerprint density at radius 2 is 0.500 bits per heavy atom. The Morgan fingerprint density at radius 1 is 0.196 bits per heavy atom. The minimum absolute atomic E-state index is 0.641. The summed E-state index contributed by atoms with van der Waals surface area (Å²) >= 11 is 0. The summed E-state index contributed by atoms with van der Waals surface area (Å²) in [6.45, 7) is 0. The second kappa shape index (κ2) is 14.4. The molecule has 0 radical (unpaired) electrons. The lowest BCUT2D eigenvalue weighted by molar-refractivity contribution is 1.07. The zero-order valence-corrected chi connectivity index (χ0v) is 30.5. The van der Waals surface area contributed by atoms with E-state index >= 15 is 0 Å². The van der Waals surface area contributed by atoms with Gasteiger partial charge in [0.15, 0.2) is 17.5 Å². The van der Waals surface area contributed by atoms with Crippen LogP contribution in [0.15, 0.2) is 212 Å². The molecule has 0 spiro atoms. The van der Waals surface area contributed by atoms with E-state index < -0.39 is 0 Å². The predicted octanol–water partition coefficient (Wildman–Crippen LogP) is 13.8. The van der Waals surface area contributed by atoms with Gasteiger partial charge in [-0.3, -0.25) is 0 Å². The van der Waals surface area contributed by atoms with E-state index in [-0.39, 0.29) is 0 Å². The van der Waals surface area contributed by atoms with Gasteiger partial charge in [0.25, 0.3) is 0 Å². The van der Waals surface area contributed by atoms with Gasteiger partial charge in [0.05, 0.1) is 0 Å². The van der Waals surface area contributed by atoms with Crippen LogP contribution in [-0.2, 0) is 0 Å². The molecule has 0 unspecified atom stereocenters. The lowest BCUT2D eigenvalue weighted by Gasteiger charge is -2.19. The molecule has 56 heavy (non-hydrogen) atoms. The quantitative estimate of drug-likeness (QED) is 0.154. The highest BCUT2D eigenvalue weighted by molar-refractivity contribution is 6.21. The number of nitrogens with zero attached hydrogens (tertiary/aromatic N) is 3. The van der Waals surface area contributed by atoms with Crippen LogP contribution < -0.4 is 0 Å². The largest absolute Gasteiger partial charge is 0.208 e. The summed E-state index contributed by atoms with van der Waals surface area (Å²) in [5.74, 6) is 1.94. The Morgan fingerprint density at radius 3 is 0.982 bits per heavy atom. The Hall–Kier alpha value is -7.49. The number of rotatable bonds is 7. The molecular formula is C53H35N3. The number of aromatic nitrogens is 3. The predicted molar refractivity (Wildman–Crippen MR) is 233 cm³/mol. The first-order valence-electron chi connectivity index (χ1n) is 18.9. The summed E-state index contributed by atoms with van der Waals surface area (Å²) in [6.07, 6.45) is 0. The molecule has 0 amide bonds. The molecule has 10 rings (SSSR count). The first kappa shape index (κ1) is 33.1. The second-order valence-corrected chi connectivity index (χ2v) is 14.0. The van der Waals surface area contributed by atoms with Crippen LogP contribution in [0, 0.1) is 0 Å². The van der Waals surface area contributed by atoms with E-state index in [0.29, 0.717) is 17.5 Å². The molecule has 0 N–H and O–H groups in total. The van der Waals surface area contributed by atoms with Crippen molar-refractivity contribution in [2.45, 2.75) is 0 Å². The third-order valence-corrected chi connectivity index (χ3v) is 10.5. The molecule has 1 heterocycles. The van der Waals surface area contributed by atoms with Gasteiger partial charge in [0, 0.05) is 16.7 Å². The van der Waals surface area contributed by atoms with E-state index in [9.17, 15) is 0 Å². The normalized spacial score (nSPS) is 11.2. The molecule has 0 saturated carbocycles. The SMILES string of the molecule is c1ccc(-c2nc(-c3ccccc3)nc(-c3cccc(-c4cccc(-c5ccc(-c6c(-c7ccccc7)c7ccccc7c7ccccc67)cc5)c4)c3)n2)cc1. The zero-order valence-electron chi connectivity index (χ0n) is 30.5. The summed E-state index contributed by atoms with van der Waals surface area (Å²) in [5.41, 5.74) is 12.3. The van der Waals surface area contributed by atoms with Crippen LogP contribution in [0.1, 0.15) is 0 Å². The molecule has 0 aliphatic heterocycles. The van der Waals surface area contributed by atoms with Crippen molar-refractivity contribution >= 4 is 21.5 Å². The van der Waals surface area contributed by atoms with Crippen molar-refractivity contribution < 1.29 is 0 Å². The fraction of sp³-hybridized carbons (Fsp3) is 0. The molecule has 10 aromatic rings. The summed E-state index contributed by atoms with van der Waals surface area (Å²) < 4.78 is 0. The molecule has 0 fully saturated rings. The van der Waals surface area contributed by atoms with Crippen molar-refractivity contribution in [1.29, 1.82) is 0 Å². The number of hydrogen-bond donors (Lipinski definition) is 0. The van der Waals surface area contributed by atoms with Gasteiger partial charge in [-0.25, -0.2) is 15.0 Å². The van der Waals surface area contributed by atoms with Crippen LogP contribution in [0.4, 0.5) is 0 Å². The molecule has 0 aliphatic rings. The van der Waals surface area contributed by atoms with Crippen LogP contribution in [0.25, 0.3) is 100 Å². The minimum atomic E-state index is 0.641. The van der Waals surface area contributed by atoms with Gasteiger partial charge >= 0.3 is 0 Å². The Kier molecular flexibility index (Phi) is 8.51. The van der Waals surface area contributed by atoms with Crippen molar-refractivity contribution in [1.82, 2.24) is 15.0 Å². The maximum Gasteiger partial charge on any atom is 0.164 e. The molecule has 3 heteroatoms. The highest BCUT2D eigenvalue weighted by atomic mass is 15.0. The van der Waals surface area contributed by atoms with Gasteiger partial charge in [-0.05, 0) is 78.2 Å². The summed E-state index contributed by atoms with van der Waals surface area (Å²) in [5, 5.41) is 5.05. The average molecular weight is 714 g/mol. The van der Waals surface area contributed by atoms with Crippen LogP contribution in [0.2, 0.25) is 0 Å². The molecular weight excluding hydrogens is 679 g/mol. The van der Waals surface area contributed by atoms with Gasteiger partial charge in [0.1, 0.15) is 0 Å². The monoisotopic (exact) mass is 713 g/mol. The highest BCUT2D eigenvalue weighted by Crippen LogP contribution is 2.45. The molecule has 262 valence electrons. The molecule has 1 aromatic heterocycles. The third kappa shape index (κ3) is 6.21. The minimum Gasteiger partial charge on any atom is -0.208 e. The van der Waals surface area contributed by atoms with Crippen LogP contribution in [0.5, 0.6) is 0 Å². The number of benzene rings is 9. The fourth-order valence-corrected chi connectivity index (χ4v) is 7.83. The van der Waals surface area contributed by atoms with Crippen LogP contribution in [-0.4, -0.2) is 15.0 Å².